The maximum absolute atomic E-state index is 14.3. The monoisotopic (exact) mass is 1330 g/mol. The smallest absolute Gasteiger partial charge is 0.317 e. The van der Waals surface area contributed by atoms with Crippen LogP contribution in [0.25, 0.3) is 0 Å². The summed E-state index contributed by atoms with van der Waals surface area (Å²) in [6.45, 7) is 1.52. The van der Waals surface area contributed by atoms with E-state index in [0.717, 1.165) is 49.8 Å². The molecule has 530 valence electrons. The van der Waals surface area contributed by atoms with E-state index < -0.39 is 127 Å². The summed E-state index contributed by atoms with van der Waals surface area (Å²) in [7, 11) is 0. The van der Waals surface area contributed by atoms with Crippen LogP contribution in [0.15, 0.2) is 12.5 Å². The number of nitrogens with zero attached hydrogens (tertiary/aromatic N) is 4. The quantitative estimate of drug-likeness (QED) is 0.0413. The van der Waals surface area contributed by atoms with Gasteiger partial charge in [-0.05, 0) is 90.0 Å². The zero-order chi connectivity index (χ0) is 69.0. The number of carbonyl (C=O) groups excluding carboxylic acids is 9. The standard InChI is InChI=1S/C63H104N12O19/c1-44(76)74-33-21-25-51(74)63(92)75-34-20-24-50(75)62(91)72-49(38-45-39-65-43-68-45)61(90)71-48(28-29-55(81)82)60(89)70-47(23-17-19-32-73(40-56(83)84)41-57(85)86)59(88)69-46(58(64)87)22-16-18-30-66-53(78)42-94-37-36-93-35-31-67-52(77)26-14-12-10-8-6-4-2-3-5-7-9-11-13-15-27-54(79)80/h39,43,46-51H,2-38,40-42H2,1H3,(H2,64,87)(H,65,68)(H,66,78)(H,67,77)(H,69,88)(H,70,89)(H,71,90)(H,72,91)(H,79,80)(H,81,82)(H,83,84)(H,85,86)/t46-,47-,48-,49-,50-,51-/m0/s1. The highest BCUT2D eigenvalue weighted by atomic mass is 16.5. The van der Waals surface area contributed by atoms with Crippen LogP contribution in [-0.4, -0.2) is 231 Å². The average molecular weight is 1330 g/mol. The van der Waals surface area contributed by atoms with E-state index >= 15 is 0 Å². The first-order chi connectivity index (χ1) is 45.1. The lowest BCUT2D eigenvalue weighted by Gasteiger charge is -2.31. The van der Waals surface area contributed by atoms with Gasteiger partial charge in [0.05, 0.1) is 44.9 Å². The molecule has 3 heterocycles. The van der Waals surface area contributed by atoms with Crippen LogP contribution in [0.5, 0.6) is 0 Å². The van der Waals surface area contributed by atoms with Crippen LogP contribution < -0.4 is 37.6 Å². The van der Waals surface area contributed by atoms with E-state index in [0.29, 0.717) is 50.9 Å². The van der Waals surface area contributed by atoms with Crippen LogP contribution in [0.2, 0.25) is 0 Å². The van der Waals surface area contributed by atoms with Gasteiger partial charge in [-0.1, -0.05) is 77.0 Å². The highest BCUT2D eigenvalue weighted by Crippen LogP contribution is 2.26. The average Bonchev–Trinajstić information content (AvgIpc) is 1.67. The van der Waals surface area contributed by atoms with E-state index in [9.17, 15) is 77.6 Å². The van der Waals surface area contributed by atoms with Crippen molar-refractivity contribution >= 4 is 77.0 Å². The third-order valence-corrected chi connectivity index (χ3v) is 16.3. The van der Waals surface area contributed by atoms with Crippen molar-refractivity contribution in [3.8, 4) is 0 Å². The number of unbranched alkanes of at least 4 members (excludes halogenated alkanes) is 15. The Kier molecular flexibility index (Phi) is 40.3. The van der Waals surface area contributed by atoms with E-state index in [1.54, 1.807) is 0 Å². The van der Waals surface area contributed by atoms with E-state index in [1.165, 1.54) is 74.2 Å². The summed E-state index contributed by atoms with van der Waals surface area (Å²) in [5.74, 6) is -10.3. The largest absolute Gasteiger partial charge is 0.481 e. The Morgan fingerprint density at radius 2 is 1.06 bits per heavy atom. The molecule has 2 saturated heterocycles. The number of nitrogens with two attached hydrogens (primary N) is 1. The molecular formula is C63H104N12O19. The molecule has 6 atom stereocenters. The van der Waals surface area contributed by atoms with Gasteiger partial charge in [0.15, 0.2) is 0 Å². The van der Waals surface area contributed by atoms with Crippen molar-refractivity contribution in [1.82, 2.24) is 56.6 Å². The van der Waals surface area contributed by atoms with Crippen molar-refractivity contribution in [2.24, 2.45) is 5.73 Å². The highest BCUT2D eigenvalue weighted by Gasteiger charge is 2.42. The fourth-order valence-corrected chi connectivity index (χ4v) is 11.3. The number of amides is 9. The minimum Gasteiger partial charge on any atom is -0.481 e. The molecule has 31 heteroatoms. The number of nitrogens with one attached hydrogen (secondary N) is 7. The number of imidazole rings is 1. The summed E-state index contributed by atoms with van der Waals surface area (Å²) in [6, 6.07) is -7.67. The van der Waals surface area contributed by atoms with Crippen molar-refractivity contribution in [2.45, 2.75) is 229 Å². The fourth-order valence-electron chi connectivity index (χ4n) is 11.3. The number of carboxylic acid groups (broad SMARTS) is 4. The fraction of sp³-hybridized carbons (Fsp3) is 0.746. The number of H-pyrrole nitrogens is 1. The Morgan fingerprint density at radius 1 is 0.553 bits per heavy atom. The van der Waals surface area contributed by atoms with E-state index in [-0.39, 0.29) is 109 Å². The SMILES string of the molecule is CC(=O)N1CCC[C@H]1C(=O)N1CCC[C@H]1C(=O)N[C@@H](Cc1c[nH]cn1)C(=O)N[C@@H](CCC(=O)O)C(=O)N[C@@H](CCCCN(CC(=O)O)CC(=O)O)C(=O)N[C@@H](CCCCNC(=O)COCCOCCNC(=O)CCCCCCCCCCCCCCCCC(=O)O)C(N)=O. The molecule has 2 aliphatic heterocycles. The van der Waals surface area contributed by atoms with E-state index in [2.05, 4.69) is 41.9 Å². The summed E-state index contributed by atoms with van der Waals surface area (Å²) in [5.41, 5.74) is 6.03. The molecule has 0 aromatic carbocycles. The molecule has 1 aromatic heterocycles. The van der Waals surface area contributed by atoms with Crippen LogP contribution in [0.1, 0.15) is 192 Å². The van der Waals surface area contributed by atoms with Gasteiger partial charge in [0.1, 0.15) is 42.9 Å². The number of aromatic amines is 1. The molecule has 3 rings (SSSR count). The van der Waals surface area contributed by atoms with Gasteiger partial charge in [-0.15, -0.1) is 0 Å². The first kappa shape index (κ1) is 80.4. The number of carbonyl (C=O) groups is 13. The number of rotatable bonds is 54. The lowest BCUT2D eigenvalue weighted by Crippen LogP contribution is -2.59. The van der Waals surface area contributed by atoms with Crippen molar-refractivity contribution in [2.75, 3.05) is 72.2 Å². The molecule has 0 saturated carbocycles. The van der Waals surface area contributed by atoms with Crippen molar-refractivity contribution < 1.29 is 92.2 Å². The van der Waals surface area contributed by atoms with Gasteiger partial charge in [0.25, 0.3) is 0 Å². The van der Waals surface area contributed by atoms with Crippen molar-refractivity contribution in [3.05, 3.63) is 18.2 Å². The maximum atomic E-state index is 14.3. The van der Waals surface area contributed by atoms with Crippen LogP contribution in [-0.2, 0) is 78.2 Å². The molecule has 31 nitrogen and oxygen atoms in total. The van der Waals surface area contributed by atoms with Gasteiger partial charge in [0.2, 0.25) is 53.2 Å². The molecule has 0 aliphatic carbocycles. The Morgan fingerprint density at radius 3 is 1.63 bits per heavy atom. The summed E-state index contributed by atoms with van der Waals surface area (Å²) in [5, 5.41) is 52.9. The lowest BCUT2D eigenvalue weighted by molar-refractivity contribution is -0.146. The molecule has 0 radical (unpaired) electrons. The van der Waals surface area contributed by atoms with Gasteiger partial charge in [-0.3, -0.25) is 67.2 Å². The number of aliphatic carboxylic acids is 4. The minimum absolute atomic E-state index is 0.0135. The summed E-state index contributed by atoms with van der Waals surface area (Å²) in [4.78, 5) is 177. The minimum atomic E-state index is -1.66. The lowest BCUT2D eigenvalue weighted by atomic mass is 10.0. The first-order valence-corrected chi connectivity index (χ1v) is 33.4. The molecule has 13 N–H and O–H groups in total. The molecule has 94 heavy (non-hydrogen) atoms. The summed E-state index contributed by atoms with van der Waals surface area (Å²) < 4.78 is 10.9. The second kappa shape index (κ2) is 47.1. The second-order valence-electron chi connectivity index (χ2n) is 24.1. The number of aromatic nitrogens is 2. The molecule has 2 aliphatic rings. The highest BCUT2D eigenvalue weighted by molar-refractivity contribution is 5.97. The number of carboxylic acids is 4. The Balaban J connectivity index is 1.49. The predicted molar refractivity (Wildman–Crippen MR) is 340 cm³/mol. The molecular weight excluding hydrogens is 1230 g/mol. The van der Waals surface area contributed by atoms with Crippen LogP contribution in [0.4, 0.5) is 0 Å². The normalized spacial score (nSPS) is 15.7. The third-order valence-electron chi connectivity index (χ3n) is 16.3. The zero-order valence-corrected chi connectivity index (χ0v) is 54.7. The van der Waals surface area contributed by atoms with Crippen LogP contribution in [0, 0.1) is 0 Å². The van der Waals surface area contributed by atoms with Gasteiger partial charge >= 0.3 is 23.9 Å². The van der Waals surface area contributed by atoms with Gasteiger partial charge in [0, 0.05) is 65.0 Å². The van der Waals surface area contributed by atoms with Gasteiger partial charge in [-0.25, -0.2) is 4.98 Å². The van der Waals surface area contributed by atoms with E-state index in [4.69, 9.17) is 20.3 Å². The maximum Gasteiger partial charge on any atom is 0.317 e. The topological polar surface area (TPSA) is 458 Å². The predicted octanol–water partition coefficient (Wildman–Crippen LogP) is 1.65. The third kappa shape index (κ3) is 34.9. The van der Waals surface area contributed by atoms with Crippen molar-refractivity contribution in [1.29, 1.82) is 0 Å². The molecule has 2 fully saturated rings. The number of likely N-dealkylation sites (tertiary alicyclic amines) is 2. The summed E-state index contributed by atoms with van der Waals surface area (Å²) >= 11 is 0. The van der Waals surface area contributed by atoms with Gasteiger partial charge < -0.3 is 82.3 Å². The Bertz CT molecular complexity index is 2530. The molecule has 0 spiro atoms. The number of primary amides is 1. The van der Waals surface area contributed by atoms with Crippen LogP contribution >= 0.6 is 0 Å². The Labute approximate surface area is 549 Å². The van der Waals surface area contributed by atoms with Crippen LogP contribution in [0.3, 0.4) is 0 Å². The zero-order valence-electron chi connectivity index (χ0n) is 54.7. The molecule has 1 aromatic rings. The molecule has 0 bridgehead atoms. The number of hydrogen-bond acceptors (Lipinski definition) is 17. The summed E-state index contributed by atoms with van der Waals surface area (Å²) in [6.07, 6.45) is 19.8. The van der Waals surface area contributed by atoms with E-state index in [1.807, 2.05) is 0 Å². The molecule has 9 amide bonds. The number of hydrogen-bond donors (Lipinski definition) is 12. The molecule has 0 unspecified atom stereocenters. The van der Waals surface area contributed by atoms with Crippen molar-refractivity contribution in [3.63, 3.8) is 0 Å². The van der Waals surface area contributed by atoms with Gasteiger partial charge in [-0.2, -0.15) is 0 Å². The first-order valence-electron chi connectivity index (χ1n) is 33.4. The Hall–Kier alpha value is -7.80. The number of ether oxygens (including phenoxy) is 2. The second-order valence-corrected chi connectivity index (χ2v) is 24.1.